The van der Waals surface area contributed by atoms with Crippen LogP contribution in [0.25, 0.3) is 0 Å². The lowest BCUT2D eigenvalue weighted by Gasteiger charge is -2.24. The molecule has 0 bridgehead atoms. The van der Waals surface area contributed by atoms with Crippen molar-refractivity contribution >= 4 is 23.5 Å². The fourth-order valence-corrected chi connectivity index (χ4v) is 3.03. The molecule has 25 heavy (non-hydrogen) atoms. The van der Waals surface area contributed by atoms with E-state index >= 15 is 0 Å². The second-order valence-corrected chi connectivity index (χ2v) is 8.68. The van der Waals surface area contributed by atoms with Crippen molar-refractivity contribution in [1.82, 2.24) is 15.6 Å². The van der Waals surface area contributed by atoms with Crippen molar-refractivity contribution < 1.29 is 0 Å². The number of hydrogen-bond donors (Lipinski definition) is 2. The normalized spacial score (nSPS) is 16.5. The Morgan fingerprint density at radius 1 is 1.24 bits per heavy atom. The summed E-state index contributed by atoms with van der Waals surface area (Å²) in [5, 5.41) is 6.82. The zero-order valence-corrected chi connectivity index (χ0v) is 17.0. The van der Waals surface area contributed by atoms with E-state index in [1.807, 2.05) is 25.0 Å². The van der Waals surface area contributed by atoms with E-state index in [0.29, 0.717) is 0 Å². The molecule has 0 radical (unpaired) electrons. The second kappa shape index (κ2) is 9.90. The topological polar surface area (TPSA) is 52.6 Å². The molecule has 0 atom stereocenters. The number of aliphatic imine (C=N–C) groups is 1. The molecule has 1 aliphatic rings. The Balaban J connectivity index is 1.90. The van der Waals surface area contributed by atoms with E-state index in [1.165, 1.54) is 31.2 Å². The standard InChI is InChI=1S/C19H33N5S/c1-19(2,25-4)15-23-18(20-3)22-14-16-9-10-21-17(13-16)24-11-7-5-6-8-12-24/h9-10,13H,5-8,11-12,14-15H2,1-4H3,(H2,20,22,23). The number of pyridine rings is 1. The molecule has 0 unspecified atom stereocenters. The van der Waals surface area contributed by atoms with Gasteiger partial charge in [0.2, 0.25) is 0 Å². The van der Waals surface area contributed by atoms with Crippen LogP contribution in [0.5, 0.6) is 0 Å². The highest BCUT2D eigenvalue weighted by Gasteiger charge is 2.16. The predicted molar refractivity (Wildman–Crippen MR) is 111 cm³/mol. The number of anilines is 1. The Bertz CT molecular complexity index is 551. The molecule has 0 saturated carbocycles. The van der Waals surface area contributed by atoms with Gasteiger partial charge in [-0.3, -0.25) is 4.99 Å². The molecule has 0 amide bonds. The first kappa shape index (κ1) is 19.9. The van der Waals surface area contributed by atoms with Crippen molar-refractivity contribution in [2.24, 2.45) is 4.99 Å². The molecule has 1 aromatic heterocycles. The number of nitrogens with zero attached hydrogens (tertiary/aromatic N) is 3. The molecule has 2 heterocycles. The first-order chi connectivity index (χ1) is 12.0. The average molecular weight is 364 g/mol. The van der Waals surface area contributed by atoms with Crippen LogP contribution < -0.4 is 15.5 Å². The van der Waals surface area contributed by atoms with Crippen molar-refractivity contribution in [3.8, 4) is 0 Å². The first-order valence-electron chi connectivity index (χ1n) is 9.23. The second-order valence-electron chi connectivity index (χ2n) is 7.17. The maximum absolute atomic E-state index is 4.58. The van der Waals surface area contributed by atoms with Crippen LogP contribution in [0.4, 0.5) is 5.82 Å². The average Bonchev–Trinajstić information content (AvgIpc) is 2.91. The third kappa shape index (κ3) is 6.77. The van der Waals surface area contributed by atoms with Crippen LogP contribution in [0.2, 0.25) is 0 Å². The number of hydrogen-bond acceptors (Lipinski definition) is 4. The van der Waals surface area contributed by atoms with E-state index in [2.05, 4.69) is 57.7 Å². The summed E-state index contributed by atoms with van der Waals surface area (Å²) in [6.07, 6.45) is 9.28. The van der Waals surface area contributed by atoms with Gasteiger partial charge >= 0.3 is 0 Å². The van der Waals surface area contributed by atoms with Crippen molar-refractivity contribution in [3.05, 3.63) is 23.9 Å². The third-order valence-corrected chi connectivity index (χ3v) is 5.91. The van der Waals surface area contributed by atoms with Gasteiger partial charge in [-0.05, 0) is 50.6 Å². The van der Waals surface area contributed by atoms with Gasteiger partial charge in [-0.15, -0.1) is 0 Å². The summed E-state index contributed by atoms with van der Waals surface area (Å²) < 4.78 is 0.189. The summed E-state index contributed by atoms with van der Waals surface area (Å²) in [5.41, 5.74) is 1.24. The molecule has 2 N–H and O–H groups in total. The molecule has 1 aromatic rings. The minimum atomic E-state index is 0.189. The highest BCUT2D eigenvalue weighted by Crippen LogP contribution is 2.20. The zero-order valence-electron chi connectivity index (χ0n) is 16.1. The van der Waals surface area contributed by atoms with Gasteiger partial charge in [0.25, 0.3) is 0 Å². The number of nitrogens with one attached hydrogen (secondary N) is 2. The highest BCUT2D eigenvalue weighted by molar-refractivity contribution is 7.99. The molecule has 0 spiro atoms. The lowest BCUT2D eigenvalue weighted by molar-refractivity contribution is 0.664. The monoisotopic (exact) mass is 363 g/mol. The fourth-order valence-electron chi connectivity index (χ4n) is 2.82. The van der Waals surface area contributed by atoms with Crippen LogP contribution in [0, 0.1) is 0 Å². The molecule has 0 aliphatic carbocycles. The summed E-state index contributed by atoms with van der Waals surface area (Å²) >= 11 is 1.85. The quantitative estimate of drug-likeness (QED) is 0.600. The molecular formula is C19H33N5S. The Kier molecular flexibility index (Phi) is 7.88. The van der Waals surface area contributed by atoms with Crippen LogP contribution >= 0.6 is 11.8 Å². The van der Waals surface area contributed by atoms with Crippen LogP contribution in [-0.2, 0) is 6.54 Å². The number of aromatic nitrogens is 1. The molecular weight excluding hydrogens is 330 g/mol. The van der Waals surface area contributed by atoms with E-state index in [9.17, 15) is 0 Å². The minimum absolute atomic E-state index is 0.189. The van der Waals surface area contributed by atoms with Crippen molar-refractivity contribution in [1.29, 1.82) is 0 Å². The van der Waals surface area contributed by atoms with E-state index in [4.69, 9.17) is 0 Å². The molecule has 5 nitrogen and oxygen atoms in total. The Labute approximate surface area is 157 Å². The van der Waals surface area contributed by atoms with E-state index in [-0.39, 0.29) is 4.75 Å². The molecule has 1 aliphatic heterocycles. The first-order valence-corrected chi connectivity index (χ1v) is 10.5. The maximum Gasteiger partial charge on any atom is 0.191 e. The van der Waals surface area contributed by atoms with Gasteiger partial charge in [-0.1, -0.05) is 12.8 Å². The summed E-state index contributed by atoms with van der Waals surface area (Å²) in [6, 6.07) is 4.28. The lowest BCUT2D eigenvalue weighted by Crippen LogP contribution is -2.43. The predicted octanol–water partition coefficient (Wildman–Crippen LogP) is 3.27. The molecule has 1 fully saturated rings. The SMILES string of the molecule is CN=C(NCc1ccnc(N2CCCCCC2)c1)NCC(C)(C)SC. The van der Waals surface area contributed by atoms with E-state index < -0.39 is 0 Å². The van der Waals surface area contributed by atoms with Crippen molar-refractivity contribution in [3.63, 3.8) is 0 Å². The largest absolute Gasteiger partial charge is 0.357 e. The Morgan fingerprint density at radius 2 is 1.96 bits per heavy atom. The van der Waals surface area contributed by atoms with Gasteiger partial charge in [-0.25, -0.2) is 4.98 Å². The minimum Gasteiger partial charge on any atom is -0.357 e. The van der Waals surface area contributed by atoms with Crippen LogP contribution in [-0.4, -0.2) is 48.6 Å². The van der Waals surface area contributed by atoms with Gasteiger partial charge in [0.15, 0.2) is 5.96 Å². The van der Waals surface area contributed by atoms with Gasteiger partial charge in [0.05, 0.1) is 0 Å². The molecule has 6 heteroatoms. The van der Waals surface area contributed by atoms with Crippen molar-refractivity contribution in [2.45, 2.75) is 50.8 Å². The van der Waals surface area contributed by atoms with Crippen LogP contribution in [0.1, 0.15) is 45.1 Å². The van der Waals surface area contributed by atoms with E-state index in [1.54, 1.807) is 0 Å². The number of thioether (sulfide) groups is 1. The maximum atomic E-state index is 4.58. The van der Waals surface area contributed by atoms with Crippen LogP contribution in [0.15, 0.2) is 23.3 Å². The number of guanidine groups is 1. The van der Waals surface area contributed by atoms with Gasteiger partial charge in [0, 0.05) is 44.2 Å². The van der Waals surface area contributed by atoms with Gasteiger partial charge < -0.3 is 15.5 Å². The van der Waals surface area contributed by atoms with Crippen molar-refractivity contribution in [2.75, 3.05) is 37.8 Å². The highest BCUT2D eigenvalue weighted by atomic mass is 32.2. The summed E-state index contributed by atoms with van der Waals surface area (Å²) in [4.78, 5) is 11.3. The summed E-state index contributed by atoms with van der Waals surface area (Å²) in [7, 11) is 1.82. The van der Waals surface area contributed by atoms with E-state index in [0.717, 1.165) is 38.0 Å². The smallest absolute Gasteiger partial charge is 0.191 e. The molecule has 0 aromatic carbocycles. The Morgan fingerprint density at radius 3 is 2.60 bits per heavy atom. The van der Waals surface area contributed by atoms with Crippen LogP contribution in [0.3, 0.4) is 0 Å². The zero-order chi connectivity index (χ0) is 18.1. The molecule has 1 saturated heterocycles. The number of rotatable bonds is 6. The molecule has 140 valence electrons. The van der Waals surface area contributed by atoms with Gasteiger partial charge in [-0.2, -0.15) is 11.8 Å². The fraction of sp³-hybridized carbons (Fsp3) is 0.684. The van der Waals surface area contributed by atoms with Gasteiger partial charge in [0.1, 0.15) is 5.82 Å². The third-order valence-electron chi connectivity index (χ3n) is 4.66. The lowest BCUT2D eigenvalue weighted by atomic mass is 10.2. The Hall–Kier alpha value is -1.43. The summed E-state index contributed by atoms with van der Waals surface area (Å²) in [6.45, 7) is 8.34. The summed E-state index contributed by atoms with van der Waals surface area (Å²) in [5.74, 6) is 1.95. The molecule has 2 rings (SSSR count).